The lowest BCUT2D eigenvalue weighted by molar-refractivity contribution is 0.111. The molecule has 0 radical (unpaired) electrons. The zero-order chi connectivity index (χ0) is 12.3. The molecule has 0 aromatic heterocycles. The van der Waals surface area contributed by atoms with Gasteiger partial charge in [-0.1, -0.05) is 30.3 Å². The molecule has 1 saturated heterocycles. The summed E-state index contributed by atoms with van der Waals surface area (Å²) in [4.78, 5) is 0. The summed E-state index contributed by atoms with van der Waals surface area (Å²) >= 11 is 0. The lowest BCUT2D eigenvalue weighted by atomic mass is 9.86. The second-order valence-corrected chi connectivity index (χ2v) is 4.54. The lowest BCUT2D eigenvalue weighted by Crippen LogP contribution is -2.33. The summed E-state index contributed by atoms with van der Waals surface area (Å²) in [6.45, 7) is -0.0356. The van der Waals surface area contributed by atoms with E-state index in [1.54, 1.807) is 0 Å². The fourth-order valence-corrected chi connectivity index (χ4v) is 2.72. The fourth-order valence-electron chi connectivity index (χ4n) is 2.72. The molecule has 2 rings (SSSR count). The van der Waals surface area contributed by atoms with E-state index in [1.807, 2.05) is 30.3 Å². The number of aliphatic hydroxyl groups is 3. The molecular formula is C13H19NO3. The van der Waals surface area contributed by atoms with Crippen LogP contribution in [0, 0.1) is 11.8 Å². The first-order chi connectivity index (χ1) is 8.31. The molecule has 0 amide bonds. The maximum absolute atomic E-state index is 9.48. The lowest BCUT2D eigenvalue weighted by Gasteiger charge is -2.21. The highest BCUT2D eigenvalue weighted by Crippen LogP contribution is 2.36. The molecule has 17 heavy (non-hydrogen) atoms. The van der Waals surface area contributed by atoms with Gasteiger partial charge in [-0.05, 0) is 5.56 Å². The highest BCUT2D eigenvalue weighted by molar-refractivity contribution is 5.22. The molecule has 94 valence electrons. The average Bonchev–Trinajstić information content (AvgIpc) is 2.77. The van der Waals surface area contributed by atoms with Gasteiger partial charge in [-0.3, -0.25) is 0 Å². The smallest absolute Gasteiger partial charge is 0.0588 e. The van der Waals surface area contributed by atoms with Crippen LogP contribution in [0.25, 0.3) is 0 Å². The molecule has 0 unspecified atom stereocenters. The Balaban J connectivity index is 2.23. The molecule has 4 N–H and O–H groups in total. The SMILES string of the molecule is OC[C@@H]1[C@H](CO)[C@H](c2ccccc2)N[C@@H]1CO. The van der Waals surface area contributed by atoms with E-state index >= 15 is 0 Å². The van der Waals surface area contributed by atoms with Crippen LogP contribution in [0.1, 0.15) is 11.6 Å². The topological polar surface area (TPSA) is 72.7 Å². The molecule has 4 atom stereocenters. The van der Waals surface area contributed by atoms with Crippen molar-refractivity contribution in [3.8, 4) is 0 Å². The van der Waals surface area contributed by atoms with Crippen LogP contribution in [0.4, 0.5) is 0 Å². The number of rotatable bonds is 4. The molecule has 1 aromatic rings. The third kappa shape index (κ3) is 2.35. The van der Waals surface area contributed by atoms with Gasteiger partial charge >= 0.3 is 0 Å². The van der Waals surface area contributed by atoms with Crippen LogP contribution in [0.3, 0.4) is 0 Å². The Kier molecular flexibility index (Phi) is 4.12. The van der Waals surface area contributed by atoms with Gasteiger partial charge in [0.2, 0.25) is 0 Å². The van der Waals surface area contributed by atoms with Gasteiger partial charge in [0.05, 0.1) is 6.61 Å². The number of hydrogen-bond donors (Lipinski definition) is 4. The summed E-state index contributed by atoms with van der Waals surface area (Å²) in [6.07, 6.45) is 0. The largest absolute Gasteiger partial charge is 0.396 e. The van der Waals surface area contributed by atoms with Crippen molar-refractivity contribution in [1.29, 1.82) is 0 Å². The average molecular weight is 237 g/mol. The van der Waals surface area contributed by atoms with Crippen molar-refractivity contribution in [3.05, 3.63) is 35.9 Å². The molecule has 1 aliphatic heterocycles. The standard InChI is InChI=1S/C13H19NO3/c15-6-10-11(7-16)13(14-12(10)8-17)9-4-2-1-3-5-9/h1-5,10-17H,6-8H2/t10-,11+,12-,13+/m1/s1. The van der Waals surface area contributed by atoms with Gasteiger partial charge in [-0.2, -0.15) is 0 Å². The van der Waals surface area contributed by atoms with E-state index < -0.39 is 0 Å². The quantitative estimate of drug-likeness (QED) is 0.590. The van der Waals surface area contributed by atoms with Crippen molar-refractivity contribution >= 4 is 0 Å². The Labute approximate surface area is 101 Å². The normalized spacial score (nSPS) is 32.9. The summed E-state index contributed by atoms with van der Waals surface area (Å²) in [5.74, 6) is -0.158. The molecule has 4 nitrogen and oxygen atoms in total. The Morgan fingerprint density at radius 3 is 2.06 bits per heavy atom. The Bertz CT molecular complexity index is 344. The van der Waals surface area contributed by atoms with Crippen molar-refractivity contribution in [2.24, 2.45) is 11.8 Å². The third-order valence-electron chi connectivity index (χ3n) is 3.67. The van der Waals surface area contributed by atoms with E-state index in [0.717, 1.165) is 5.56 Å². The van der Waals surface area contributed by atoms with Gasteiger partial charge < -0.3 is 20.6 Å². The molecule has 0 aliphatic carbocycles. The minimum absolute atomic E-state index is 0.00417. The van der Waals surface area contributed by atoms with Crippen LogP contribution < -0.4 is 5.32 Å². The maximum atomic E-state index is 9.48. The Morgan fingerprint density at radius 1 is 0.882 bits per heavy atom. The summed E-state index contributed by atoms with van der Waals surface area (Å²) in [6, 6.07) is 9.68. The summed E-state index contributed by atoms with van der Waals surface area (Å²) in [5.41, 5.74) is 1.08. The van der Waals surface area contributed by atoms with Crippen molar-refractivity contribution in [2.45, 2.75) is 12.1 Å². The van der Waals surface area contributed by atoms with Crippen LogP contribution in [-0.2, 0) is 0 Å². The van der Waals surface area contributed by atoms with Crippen molar-refractivity contribution in [3.63, 3.8) is 0 Å². The molecule has 0 bridgehead atoms. The van der Waals surface area contributed by atoms with E-state index in [9.17, 15) is 15.3 Å². The minimum Gasteiger partial charge on any atom is -0.396 e. The first-order valence-corrected chi connectivity index (χ1v) is 5.95. The maximum Gasteiger partial charge on any atom is 0.0588 e. The molecular weight excluding hydrogens is 218 g/mol. The Morgan fingerprint density at radius 2 is 1.53 bits per heavy atom. The number of benzene rings is 1. The van der Waals surface area contributed by atoms with E-state index in [2.05, 4.69) is 5.32 Å². The number of aliphatic hydroxyl groups excluding tert-OH is 3. The summed E-state index contributed by atoms with van der Waals surface area (Å²) < 4.78 is 0. The van der Waals surface area contributed by atoms with Crippen LogP contribution >= 0.6 is 0 Å². The first kappa shape index (κ1) is 12.5. The molecule has 1 aliphatic rings. The van der Waals surface area contributed by atoms with Gasteiger partial charge in [-0.15, -0.1) is 0 Å². The molecule has 1 fully saturated rings. The predicted octanol–water partition coefficient (Wildman–Crippen LogP) is -0.0912. The first-order valence-electron chi connectivity index (χ1n) is 5.95. The zero-order valence-corrected chi connectivity index (χ0v) is 9.66. The fraction of sp³-hybridized carbons (Fsp3) is 0.538. The molecule has 0 saturated carbocycles. The zero-order valence-electron chi connectivity index (χ0n) is 9.66. The van der Waals surface area contributed by atoms with E-state index in [-0.39, 0.29) is 43.7 Å². The highest BCUT2D eigenvalue weighted by atomic mass is 16.3. The highest BCUT2D eigenvalue weighted by Gasteiger charge is 2.42. The molecule has 0 spiro atoms. The summed E-state index contributed by atoms with van der Waals surface area (Å²) in [7, 11) is 0. The Hall–Kier alpha value is -0.940. The third-order valence-corrected chi connectivity index (χ3v) is 3.67. The molecule has 4 heteroatoms. The number of nitrogens with one attached hydrogen (secondary N) is 1. The van der Waals surface area contributed by atoms with Crippen molar-refractivity contribution < 1.29 is 15.3 Å². The second-order valence-electron chi connectivity index (χ2n) is 4.54. The summed E-state index contributed by atoms with van der Waals surface area (Å²) in [5, 5.41) is 31.4. The minimum atomic E-state index is -0.151. The molecule has 1 aromatic carbocycles. The number of hydrogen-bond acceptors (Lipinski definition) is 4. The van der Waals surface area contributed by atoms with E-state index in [1.165, 1.54) is 0 Å². The van der Waals surface area contributed by atoms with Gasteiger partial charge in [0, 0.05) is 37.1 Å². The second kappa shape index (κ2) is 5.60. The van der Waals surface area contributed by atoms with Crippen LogP contribution in [0.15, 0.2) is 30.3 Å². The van der Waals surface area contributed by atoms with E-state index in [0.29, 0.717) is 0 Å². The van der Waals surface area contributed by atoms with Gasteiger partial charge in [0.1, 0.15) is 0 Å². The van der Waals surface area contributed by atoms with Gasteiger partial charge in [-0.25, -0.2) is 0 Å². The predicted molar refractivity (Wildman–Crippen MR) is 64.3 cm³/mol. The van der Waals surface area contributed by atoms with Crippen molar-refractivity contribution in [2.75, 3.05) is 19.8 Å². The van der Waals surface area contributed by atoms with Gasteiger partial charge in [0.25, 0.3) is 0 Å². The van der Waals surface area contributed by atoms with Crippen LogP contribution in [-0.4, -0.2) is 41.2 Å². The monoisotopic (exact) mass is 237 g/mol. The van der Waals surface area contributed by atoms with E-state index in [4.69, 9.17) is 0 Å². The van der Waals surface area contributed by atoms with Crippen LogP contribution in [0.5, 0.6) is 0 Å². The van der Waals surface area contributed by atoms with Crippen molar-refractivity contribution in [1.82, 2.24) is 5.32 Å². The molecule has 1 heterocycles. The van der Waals surface area contributed by atoms with Crippen LogP contribution in [0.2, 0.25) is 0 Å². The van der Waals surface area contributed by atoms with Gasteiger partial charge in [0.15, 0.2) is 0 Å².